The topological polar surface area (TPSA) is 63.6 Å². The first-order valence-electron chi connectivity index (χ1n) is 3.72. The van der Waals surface area contributed by atoms with Gasteiger partial charge in [0.2, 0.25) is 0 Å². The first kappa shape index (κ1) is 11.6. The van der Waals surface area contributed by atoms with Crippen molar-refractivity contribution < 1.29 is 24.2 Å². The number of hydrogen-bond acceptors (Lipinski definition) is 3. The highest BCUT2D eigenvalue weighted by Gasteiger charge is 2.15. The number of carboxylic acids is 1. The summed E-state index contributed by atoms with van der Waals surface area (Å²) < 4.78 is 11.5. The number of carbonyl (C=O) groups is 2. The van der Waals surface area contributed by atoms with Crippen LogP contribution in [-0.4, -0.2) is 17.0 Å². The number of carbonyl (C=O) groups excluding carboxylic acids is 1. The van der Waals surface area contributed by atoms with Gasteiger partial charge < -0.3 is 5.11 Å². The summed E-state index contributed by atoms with van der Waals surface area (Å²) in [5.74, 6) is -2.47. The molecule has 0 unspecified atom stereocenters. The molecule has 0 aromatic carbocycles. The molecule has 0 amide bonds. The van der Waals surface area contributed by atoms with Crippen LogP contribution in [0.5, 0.6) is 0 Å². The summed E-state index contributed by atoms with van der Waals surface area (Å²) in [6.07, 6.45) is 0.830. The number of aliphatic carboxylic acids is 1. The van der Waals surface area contributed by atoms with E-state index in [9.17, 15) is 14.1 Å². The second-order valence-electron chi connectivity index (χ2n) is 2.87. The van der Waals surface area contributed by atoms with Crippen molar-refractivity contribution in [1.29, 1.82) is 0 Å². The van der Waals surface area contributed by atoms with Crippen LogP contribution in [0.25, 0.3) is 0 Å². The van der Waals surface area contributed by atoms with Crippen molar-refractivity contribution in [3.8, 4) is 0 Å². The third kappa shape index (κ3) is 4.95. The van der Waals surface area contributed by atoms with Crippen LogP contribution >= 0.6 is 0 Å². The van der Waals surface area contributed by atoms with Gasteiger partial charge >= 0.3 is 11.9 Å². The Hall–Kier alpha value is -1.39. The molecule has 5 heteroatoms. The molecule has 0 bridgehead atoms. The maximum absolute atomic E-state index is 11.5. The molecular weight excluding hydrogens is 179 g/mol. The van der Waals surface area contributed by atoms with Gasteiger partial charge in [-0.05, 0) is 5.92 Å². The third-order valence-corrected chi connectivity index (χ3v) is 1.21. The maximum atomic E-state index is 11.5. The molecule has 0 aliphatic carbocycles. The van der Waals surface area contributed by atoms with Crippen molar-refractivity contribution in [3.63, 3.8) is 0 Å². The van der Waals surface area contributed by atoms with Crippen LogP contribution < -0.4 is 0 Å². The molecule has 0 aromatic heterocycles. The average Bonchev–Trinajstić information content (AvgIpc) is 2.00. The minimum atomic E-state index is -1.24. The van der Waals surface area contributed by atoms with Crippen LogP contribution in [-0.2, 0) is 14.5 Å². The number of rotatable bonds is 4. The summed E-state index contributed by atoms with van der Waals surface area (Å²) in [6.45, 7) is 3.49. The zero-order valence-electron chi connectivity index (χ0n) is 7.41. The molecule has 0 saturated heterocycles. The van der Waals surface area contributed by atoms with E-state index in [0.29, 0.717) is 0 Å². The molecule has 0 saturated carbocycles. The second-order valence-corrected chi connectivity index (χ2v) is 2.87. The summed E-state index contributed by atoms with van der Waals surface area (Å²) in [5, 5.41) is 8.37. The van der Waals surface area contributed by atoms with Gasteiger partial charge in [-0.3, -0.25) is 4.79 Å². The molecule has 0 atom stereocenters. The molecule has 1 N–H and O–H groups in total. The average molecular weight is 190 g/mol. The SMILES string of the molecule is CC(C)C=C(CC(=O)O)C(=O)OF. The molecule has 0 aromatic rings. The number of halogens is 1. The molecule has 0 aliphatic heterocycles. The number of carboxylic acid groups (broad SMARTS) is 1. The number of allylic oxidation sites excluding steroid dienone is 1. The Labute approximate surface area is 74.9 Å². The van der Waals surface area contributed by atoms with Gasteiger partial charge in [0.05, 0.1) is 6.42 Å². The van der Waals surface area contributed by atoms with Crippen molar-refractivity contribution in [1.82, 2.24) is 0 Å². The highest BCUT2D eigenvalue weighted by Crippen LogP contribution is 2.09. The van der Waals surface area contributed by atoms with Crippen LogP contribution in [0.3, 0.4) is 0 Å². The quantitative estimate of drug-likeness (QED) is 0.682. The molecule has 0 rings (SSSR count). The summed E-state index contributed by atoms with van der Waals surface area (Å²) in [4.78, 5) is 23.8. The molecule has 0 fully saturated rings. The monoisotopic (exact) mass is 190 g/mol. The minimum Gasteiger partial charge on any atom is -0.481 e. The fourth-order valence-electron chi connectivity index (χ4n) is 0.814. The van der Waals surface area contributed by atoms with Gasteiger partial charge in [0.25, 0.3) is 0 Å². The highest BCUT2D eigenvalue weighted by molar-refractivity contribution is 5.93. The normalized spacial score (nSPS) is 11.5. The Morgan fingerprint density at radius 2 is 2.08 bits per heavy atom. The fraction of sp³-hybridized carbons (Fsp3) is 0.500. The molecule has 0 spiro atoms. The van der Waals surface area contributed by atoms with E-state index in [1.165, 1.54) is 6.08 Å². The fourth-order valence-corrected chi connectivity index (χ4v) is 0.814. The molecule has 0 heterocycles. The van der Waals surface area contributed by atoms with Crippen LogP contribution in [0.4, 0.5) is 4.53 Å². The third-order valence-electron chi connectivity index (χ3n) is 1.21. The lowest BCUT2D eigenvalue weighted by atomic mass is 10.1. The molecule has 74 valence electrons. The lowest BCUT2D eigenvalue weighted by Gasteiger charge is -2.01. The molecule has 13 heavy (non-hydrogen) atoms. The molecule has 4 nitrogen and oxygen atoms in total. The van der Waals surface area contributed by atoms with Gasteiger partial charge in [-0.1, -0.05) is 19.9 Å². The minimum absolute atomic E-state index is 0.0338. The van der Waals surface area contributed by atoms with Crippen molar-refractivity contribution in [2.24, 2.45) is 5.92 Å². The van der Waals surface area contributed by atoms with Gasteiger partial charge in [-0.15, -0.1) is 0 Å². The zero-order valence-corrected chi connectivity index (χ0v) is 7.41. The predicted octanol–water partition coefficient (Wildman–Crippen LogP) is 1.47. The largest absolute Gasteiger partial charge is 0.481 e. The lowest BCUT2D eigenvalue weighted by Crippen LogP contribution is -2.09. The number of hydrogen-bond donors (Lipinski definition) is 1. The Morgan fingerprint density at radius 1 is 1.54 bits per heavy atom. The summed E-state index contributed by atoms with van der Waals surface area (Å²) in [5.41, 5.74) is -0.176. The van der Waals surface area contributed by atoms with E-state index in [4.69, 9.17) is 5.11 Å². The van der Waals surface area contributed by atoms with Gasteiger partial charge in [-0.25, -0.2) is 9.74 Å². The van der Waals surface area contributed by atoms with Gasteiger partial charge in [0.15, 0.2) is 0 Å². The van der Waals surface area contributed by atoms with Crippen LogP contribution in [0.1, 0.15) is 20.3 Å². The van der Waals surface area contributed by atoms with Gasteiger partial charge in [0, 0.05) is 10.1 Å². The van der Waals surface area contributed by atoms with Crippen LogP contribution in [0, 0.1) is 5.92 Å². The van der Waals surface area contributed by atoms with E-state index in [-0.39, 0.29) is 11.5 Å². The Kier molecular flexibility index (Phi) is 4.72. The predicted molar refractivity (Wildman–Crippen MR) is 42.4 cm³/mol. The zero-order chi connectivity index (χ0) is 10.4. The molecular formula is C8H11FO4. The second kappa shape index (κ2) is 5.29. The Morgan fingerprint density at radius 3 is 2.38 bits per heavy atom. The van der Waals surface area contributed by atoms with Crippen molar-refractivity contribution in [2.75, 3.05) is 0 Å². The van der Waals surface area contributed by atoms with Crippen LogP contribution in [0.2, 0.25) is 0 Å². The first-order chi connectivity index (χ1) is 5.97. The van der Waals surface area contributed by atoms with Crippen molar-refractivity contribution in [2.45, 2.75) is 20.3 Å². The van der Waals surface area contributed by atoms with Gasteiger partial charge in [-0.2, -0.15) is 0 Å². The van der Waals surface area contributed by atoms with E-state index >= 15 is 0 Å². The standard InChI is InChI=1S/C8H11FO4/c1-5(2)3-6(4-7(10)11)8(12)13-9/h3,5H,4H2,1-2H3,(H,10,11). The van der Waals surface area contributed by atoms with Crippen molar-refractivity contribution in [3.05, 3.63) is 11.6 Å². The highest BCUT2D eigenvalue weighted by atomic mass is 19.3. The summed E-state index contributed by atoms with van der Waals surface area (Å²) in [7, 11) is 0. The van der Waals surface area contributed by atoms with E-state index < -0.39 is 18.4 Å². The molecule has 0 radical (unpaired) electrons. The maximum Gasteiger partial charge on any atom is 0.375 e. The smallest absolute Gasteiger partial charge is 0.375 e. The van der Waals surface area contributed by atoms with Gasteiger partial charge in [0.1, 0.15) is 0 Å². The Bertz CT molecular complexity index is 232. The Balaban J connectivity index is 4.55. The summed E-state index contributed by atoms with van der Waals surface area (Å²) in [6, 6.07) is 0. The van der Waals surface area contributed by atoms with Crippen molar-refractivity contribution >= 4 is 11.9 Å². The lowest BCUT2D eigenvalue weighted by molar-refractivity contribution is -0.178. The van der Waals surface area contributed by atoms with Crippen LogP contribution in [0.15, 0.2) is 11.6 Å². The molecule has 0 aliphatic rings. The van der Waals surface area contributed by atoms with E-state index in [2.05, 4.69) is 4.94 Å². The summed E-state index contributed by atoms with van der Waals surface area (Å²) >= 11 is 0. The van der Waals surface area contributed by atoms with E-state index in [0.717, 1.165) is 0 Å². The van der Waals surface area contributed by atoms with E-state index in [1.807, 2.05) is 0 Å². The van der Waals surface area contributed by atoms with E-state index in [1.54, 1.807) is 13.8 Å². The first-order valence-corrected chi connectivity index (χ1v) is 3.72.